The fourth-order valence-corrected chi connectivity index (χ4v) is 14.8. The van der Waals surface area contributed by atoms with Crippen molar-refractivity contribution >= 4 is 70.5 Å². The number of hydrogen-bond donors (Lipinski definition) is 18. The van der Waals surface area contributed by atoms with E-state index in [1.165, 1.54) is 28.8 Å². The van der Waals surface area contributed by atoms with Crippen LogP contribution in [-0.4, -0.2) is 439 Å². The molecule has 49 heteroatoms. The number of carbonyl (C=O) groups excluding carboxylic acids is 9. The molecule has 2 aromatic heterocycles. The van der Waals surface area contributed by atoms with E-state index in [4.69, 9.17) is 96.7 Å². The quantitative estimate of drug-likeness (QED) is 0.0117. The lowest BCUT2D eigenvalue weighted by Gasteiger charge is -2.33. The third-order valence-electron chi connectivity index (χ3n) is 23.1. The summed E-state index contributed by atoms with van der Waals surface area (Å²) in [6.45, 7) is 16.9. The fourth-order valence-electron chi connectivity index (χ4n) is 14.8. The van der Waals surface area contributed by atoms with Gasteiger partial charge in [0.15, 0.2) is 5.60 Å². The Hall–Kier alpha value is -9.73. The van der Waals surface area contributed by atoms with E-state index in [1.54, 1.807) is 94.6 Å². The van der Waals surface area contributed by atoms with Gasteiger partial charge in [-0.1, -0.05) is 39.8 Å². The minimum atomic E-state index is -1.97. The van der Waals surface area contributed by atoms with Crippen LogP contribution >= 0.6 is 0 Å². The number of anilines is 1. The Morgan fingerprint density at radius 1 is 0.545 bits per heavy atom. The third kappa shape index (κ3) is 44.3. The van der Waals surface area contributed by atoms with Crippen LogP contribution in [0.4, 0.5) is 24.9 Å². The van der Waals surface area contributed by atoms with E-state index < -0.39 is 158 Å². The Morgan fingerprint density at radius 2 is 1.01 bits per heavy atom. The molecule has 2 aliphatic heterocycles. The standard InChI is InChI=1S/C96H154N12O37/c1-10-66-67-53-65(21-22-71(67)101-81-68(66)55-108-74(81)54-70-69(89(108)123)61-142-90(124)96(70,129)11-2)144-94(128)106(9)27-26-105(8)93(127)143-60-63-17-19-64(20-18-63)100-86(120)72(16-14-25-99-91(97)125)102-88(122)80(62(3)4)104-87(121)73(103-92(126)145-95(5,6)7)15-12-13-24-98-79(115)23-29-130-31-33-132-35-37-134-39-41-136-43-45-138-47-49-140-51-52-141-50-48-139-46-44-137-42-40-135-38-36-133-34-32-131-30-28-107(56-75(111)82(116)84(118)77(113)58-109)57-76(112)83(117)85(119)78(114)59-110/h17-22,53-54,62,72-73,75-78,80,82-85,109-114,116-119,129H,10-16,23-52,55-61H2,1-9H3,(H,98,115)(H,100,120)(H,102,122)(H,103,126)(H,104,121)(H3,97,99,125)/t72-,73-,75-,76-,77+,78+,80-,82+,83+,84+,85+,96-/m0/s1. The monoisotopic (exact) mass is 2070 g/mol. The predicted octanol–water partition coefficient (Wildman–Crippen LogP) is -1.70. The largest absolute Gasteiger partial charge is 0.458 e. The number of aryl methyl sites for hydroxylation is 1. The fraction of sp³-hybridized carbons (Fsp3) is 0.698. The molecule has 0 saturated carbocycles. The molecule has 4 heterocycles. The Balaban J connectivity index is 0.754. The zero-order chi connectivity index (χ0) is 106. The molecule has 0 spiro atoms. The number of cyclic esters (lactones) is 1. The number of likely N-dealkylation sites (N-methyl/N-ethyl adjacent to an activating group) is 2. The minimum Gasteiger partial charge on any atom is -0.458 e. The van der Waals surface area contributed by atoms with Gasteiger partial charge in [0.2, 0.25) is 23.6 Å². The number of nitrogens with zero attached hydrogens (tertiary/aromatic N) is 5. The lowest BCUT2D eigenvalue weighted by atomic mass is 9.86. The number of fused-ring (bicyclic) bond motifs is 5. The van der Waals surface area contributed by atoms with E-state index in [1.807, 2.05) is 6.92 Å². The van der Waals surface area contributed by atoms with Crippen molar-refractivity contribution in [3.63, 3.8) is 0 Å². The number of ether oxygens (including phenoxy) is 16. The lowest BCUT2D eigenvalue weighted by Crippen LogP contribution is -2.58. The van der Waals surface area contributed by atoms with Crippen LogP contribution in [0.25, 0.3) is 22.3 Å². The molecule has 0 aliphatic carbocycles. The molecule has 19 N–H and O–H groups in total. The van der Waals surface area contributed by atoms with Gasteiger partial charge in [0.1, 0.15) is 79.3 Å². The van der Waals surface area contributed by atoms with Crippen LogP contribution in [0.5, 0.6) is 5.75 Å². The Bertz CT molecular complexity index is 4570. The predicted molar refractivity (Wildman–Crippen MR) is 519 cm³/mol. The van der Waals surface area contributed by atoms with Crippen LogP contribution in [0, 0.1) is 5.92 Å². The summed E-state index contributed by atoms with van der Waals surface area (Å²) in [5.74, 6) is -3.48. The second-order valence-electron chi connectivity index (χ2n) is 35.7. The average Bonchev–Trinajstić information content (AvgIpc) is 1.55. The highest BCUT2D eigenvalue weighted by Crippen LogP contribution is 2.41. The van der Waals surface area contributed by atoms with E-state index in [0.717, 1.165) is 11.1 Å². The second kappa shape index (κ2) is 67.3. The van der Waals surface area contributed by atoms with Crippen LogP contribution in [0.1, 0.15) is 121 Å². The van der Waals surface area contributed by atoms with Crippen LogP contribution < -0.4 is 47.9 Å². The first-order valence-electron chi connectivity index (χ1n) is 48.9. The molecule has 0 fully saturated rings. The van der Waals surface area contributed by atoms with Crippen LogP contribution in [0.3, 0.4) is 0 Å². The topological polar surface area (TPSA) is 667 Å². The summed E-state index contributed by atoms with van der Waals surface area (Å²) in [6, 6.07) is 8.59. The van der Waals surface area contributed by atoms with Gasteiger partial charge in [-0.2, -0.15) is 0 Å². The van der Waals surface area contributed by atoms with Crippen LogP contribution in [0.15, 0.2) is 53.3 Å². The molecule has 12 atom stereocenters. The molecule has 145 heavy (non-hydrogen) atoms. The lowest BCUT2D eigenvalue weighted by molar-refractivity contribution is -0.172. The summed E-state index contributed by atoms with van der Waals surface area (Å²) in [5, 5.41) is 127. The highest BCUT2D eigenvalue weighted by molar-refractivity contribution is 5.99. The number of unbranched alkanes of at least 4 members (excludes halogenated alkanes) is 1. The molecule has 0 bridgehead atoms. The molecule has 2 aliphatic rings. The van der Waals surface area contributed by atoms with E-state index in [-0.39, 0.29) is 159 Å². The van der Waals surface area contributed by atoms with Gasteiger partial charge in [-0.05, 0) is 119 Å². The molecule has 820 valence electrons. The van der Waals surface area contributed by atoms with Crippen molar-refractivity contribution in [2.24, 2.45) is 11.7 Å². The average molecular weight is 2070 g/mol. The van der Waals surface area contributed by atoms with Gasteiger partial charge in [-0.15, -0.1) is 0 Å². The number of benzene rings is 2. The van der Waals surface area contributed by atoms with Crippen molar-refractivity contribution < 1.29 is 175 Å². The number of aliphatic hydroxyl groups excluding tert-OH is 10. The van der Waals surface area contributed by atoms with Crippen molar-refractivity contribution in [3.05, 3.63) is 86.7 Å². The highest BCUT2D eigenvalue weighted by Gasteiger charge is 2.46. The van der Waals surface area contributed by atoms with Gasteiger partial charge in [-0.3, -0.25) is 28.9 Å². The molecular weight excluding hydrogens is 1910 g/mol. The number of aliphatic hydroxyl groups is 11. The first-order chi connectivity index (χ1) is 69.4. The number of pyridine rings is 2. The second-order valence-corrected chi connectivity index (χ2v) is 35.7. The number of hydrogen-bond acceptors (Lipinski definition) is 39. The van der Waals surface area contributed by atoms with Crippen LogP contribution in [0.2, 0.25) is 0 Å². The summed E-state index contributed by atoms with van der Waals surface area (Å²) in [5.41, 5.74) is 6.54. The number of urea groups is 1. The van der Waals surface area contributed by atoms with Gasteiger partial charge in [0, 0.05) is 88.5 Å². The summed E-state index contributed by atoms with van der Waals surface area (Å²) in [7, 11) is 3.02. The number of nitrogens with one attached hydrogen (secondary N) is 6. The number of esters is 1. The summed E-state index contributed by atoms with van der Waals surface area (Å²) in [6.07, 6.45) is -15.1. The van der Waals surface area contributed by atoms with E-state index >= 15 is 0 Å². The Kier molecular flexibility index (Phi) is 57.5. The van der Waals surface area contributed by atoms with Gasteiger partial charge < -0.3 is 184 Å². The maximum Gasteiger partial charge on any atom is 0.415 e. The molecule has 9 amide bonds. The highest BCUT2D eigenvalue weighted by atomic mass is 16.6. The first kappa shape index (κ1) is 124. The van der Waals surface area contributed by atoms with Crippen molar-refractivity contribution in [2.75, 3.05) is 237 Å². The summed E-state index contributed by atoms with van der Waals surface area (Å²) >= 11 is 0. The molecule has 2 aromatic carbocycles. The molecule has 0 radical (unpaired) electrons. The number of amides is 9. The van der Waals surface area contributed by atoms with Gasteiger partial charge in [0.25, 0.3) is 5.56 Å². The van der Waals surface area contributed by atoms with Crippen LogP contribution in [-0.2, 0) is 127 Å². The zero-order valence-electron chi connectivity index (χ0n) is 84.5. The number of carbonyl (C=O) groups is 9. The number of rotatable bonds is 76. The molecule has 49 nitrogen and oxygen atoms in total. The van der Waals surface area contributed by atoms with Crippen molar-refractivity contribution in [1.29, 1.82) is 0 Å². The number of aromatic nitrogens is 2. The van der Waals surface area contributed by atoms with Gasteiger partial charge in [0.05, 0.1) is 213 Å². The maximum atomic E-state index is 14.2. The maximum absolute atomic E-state index is 14.2. The summed E-state index contributed by atoms with van der Waals surface area (Å²) < 4.78 is 90.0. The van der Waals surface area contributed by atoms with Crippen molar-refractivity contribution in [1.82, 2.24) is 50.8 Å². The smallest absolute Gasteiger partial charge is 0.415 e. The molecule has 0 unspecified atom stereocenters. The molecule has 0 saturated heterocycles. The minimum absolute atomic E-state index is 0.00316. The van der Waals surface area contributed by atoms with E-state index in [2.05, 4.69) is 31.9 Å². The Morgan fingerprint density at radius 3 is 1.49 bits per heavy atom. The third-order valence-corrected chi connectivity index (χ3v) is 23.1. The molecule has 4 aromatic rings. The van der Waals surface area contributed by atoms with Gasteiger partial charge in [-0.25, -0.2) is 29.0 Å². The van der Waals surface area contributed by atoms with Gasteiger partial charge >= 0.3 is 30.3 Å². The Labute approximate surface area is 843 Å². The number of primary amides is 1. The number of alkyl carbamates (subject to hydrolysis) is 1. The van der Waals surface area contributed by atoms with E-state index in [0.29, 0.717) is 165 Å². The normalized spacial score (nSPS) is 15.7. The van der Waals surface area contributed by atoms with Crippen molar-refractivity contribution in [3.8, 4) is 17.1 Å². The summed E-state index contributed by atoms with van der Waals surface area (Å²) in [4.78, 5) is 142. The first-order valence-corrected chi connectivity index (χ1v) is 48.9. The number of nitrogens with two attached hydrogens (primary N) is 1. The SMILES string of the molecule is CCc1c2c(nc3ccc(OC(=O)N(C)CCN(C)C(=O)OCc4ccc(NC(=O)[C@H](CCCNC(N)=O)NC(=O)[C@@H](NC(=O)[C@H](CCCCNC(=O)CCOCCOCCOCCOCCOCCOCCOCCOCCOCCOCCOCCOCCN(C[C@H](O)[C@@H](O)[C@H](O)[C@H](O)CO)C[C@H](O)[C@@H](O)[C@H](O)[C@H](O)CO)NC(=O)OC(C)(C)C)C(C)C)cc4)cc13)-c1cc3c(c(=O)n1C2)COC(=O)[C@]3(O)CC. The molecule has 6 rings (SSSR count). The zero-order valence-corrected chi connectivity index (χ0v) is 84.5. The van der Waals surface area contributed by atoms with Crippen molar-refractivity contribution in [2.45, 2.75) is 198 Å². The van der Waals surface area contributed by atoms with E-state index in [9.17, 15) is 93.9 Å². The molecular formula is C96H154N12O37.